The van der Waals surface area contributed by atoms with Gasteiger partial charge in [0.1, 0.15) is 5.82 Å². The number of aromatic nitrogens is 1. The molecule has 0 saturated carbocycles. The van der Waals surface area contributed by atoms with Crippen LogP contribution >= 0.6 is 0 Å². The van der Waals surface area contributed by atoms with E-state index in [2.05, 4.69) is 58.9 Å². The van der Waals surface area contributed by atoms with Gasteiger partial charge in [0.05, 0.1) is 6.61 Å². The number of nitrogens with zero attached hydrogens (tertiary/aromatic N) is 1. The van der Waals surface area contributed by atoms with Gasteiger partial charge in [-0.1, -0.05) is 69.7 Å². The second-order valence-electron chi connectivity index (χ2n) is 9.03. The SMILES string of the molecule is Cc1cccc(CCCc2c(C(C)C)nc(C(C)C)c(CO)c2-c2ccc(F)cc2)c1. The molecule has 31 heavy (non-hydrogen) atoms. The summed E-state index contributed by atoms with van der Waals surface area (Å²) in [5.41, 5.74) is 8.68. The molecule has 164 valence electrons. The van der Waals surface area contributed by atoms with E-state index in [0.717, 1.165) is 47.3 Å². The number of benzene rings is 2. The first-order chi connectivity index (χ1) is 14.8. The number of hydrogen-bond acceptors (Lipinski definition) is 2. The molecular weight excluding hydrogens is 385 g/mol. The standard InChI is InChI=1S/C28H34FNO/c1-18(2)27-24(11-7-10-21-9-6-8-20(5)16-21)26(22-12-14-23(29)15-13-22)25(17-31)28(30-27)19(3)4/h6,8-9,12-16,18-19,31H,7,10-11,17H2,1-5H3. The fraction of sp³-hybridized carbons (Fsp3) is 0.393. The van der Waals surface area contributed by atoms with Crippen LogP contribution in [-0.4, -0.2) is 10.1 Å². The first-order valence-corrected chi connectivity index (χ1v) is 11.3. The smallest absolute Gasteiger partial charge is 0.123 e. The molecule has 0 amide bonds. The van der Waals surface area contributed by atoms with Gasteiger partial charge in [0.15, 0.2) is 0 Å². The Morgan fingerprint density at radius 3 is 2.10 bits per heavy atom. The number of aryl methyl sites for hydroxylation is 2. The highest BCUT2D eigenvalue weighted by Crippen LogP contribution is 2.37. The van der Waals surface area contributed by atoms with Crippen LogP contribution in [0.5, 0.6) is 0 Å². The molecule has 2 nitrogen and oxygen atoms in total. The highest BCUT2D eigenvalue weighted by Gasteiger charge is 2.23. The quantitative estimate of drug-likeness (QED) is 0.422. The number of pyridine rings is 1. The van der Waals surface area contributed by atoms with Crippen LogP contribution in [0, 0.1) is 12.7 Å². The summed E-state index contributed by atoms with van der Waals surface area (Å²) >= 11 is 0. The predicted molar refractivity (Wildman–Crippen MR) is 127 cm³/mol. The second-order valence-corrected chi connectivity index (χ2v) is 9.03. The molecule has 0 saturated heterocycles. The zero-order chi connectivity index (χ0) is 22.5. The maximum Gasteiger partial charge on any atom is 0.123 e. The van der Waals surface area contributed by atoms with Crippen molar-refractivity contribution in [1.29, 1.82) is 0 Å². The van der Waals surface area contributed by atoms with Crippen molar-refractivity contribution in [2.24, 2.45) is 0 Å². The van der Waals surface area contributed by atoms with Crippen molar-refractivity contribution < 1.29 is 9.50 Å². The zero-order valence-electron chi connectivity index (χ0n) is 19.4. The van der Waals surface area contributed by atoms with Crippen LogP contribution in [0.2, 0.25) is 0 Å². The summed E-state index contributed by atoms with van der Waals surface area (Å²) in [6.45, 7) is 10.6. The highest BCUT2D eigenvalue weighted by atomic mass is 19.1. The van der Waals surface area contributed by atoms with E-state index in [1.807, 2.05) is 12.1 Å². The minimum atomic E-state index is -0.252. The number of rotatable bonds is 8. The Bertz CT molecular complexity index is 1020. The molecule has 0 aliphatic rings. The Morgan fingerprint density at radius 1 is 0.871 bits per heavy atom. The summed E-state index contributed by atoms with van der Waals surface area (Å²) in [6, 6.07) is 15.3. The molecule has 0 atom stereocenters. The molecule has 1 heterocycles. The van der Waals surface area contributed by atoms with E-state index in [1.165, 1.54) is 28.8 Å². The normalized spacial score (nSPS) is 11.5. The molecule has 0 aliphatic carbocycles. The lowest BCUT2D eigenvalue weighted by atomic mass is 9.85. The van der Waals surface area contributed by atoms with Crippen molar-refractivity contribution in [2.45, 2.75) is 72.3 Å². The van der Waals surface area contributed by atoms with Crippen molar-refractivity contribution in [3.8, 4) is 11.1 Å². The molecule has 2 aromatic carbocycles. The van der Waals surface area contributed by atoms with Crippen LogP contribution in [0.1, 0.15) is 79.6 Å². The molecule has 0 radical (unpaired) electrons. The fourth-order valence-corrected chi connectivity index (χ4v) is 4.37. The van der Waals surface area contributed by atoms with Crippen LogP contribution in [0.15, 0.2) is 48.5 Å². The van der Waals surface area contributed by atoms with Crippen molar-refractivity contribution in [3.63, 3.8) is 0 Å². The van der Waals surface area contributed by atoms with E-state index >= 15 is 0 Å². The Morgan fingerprint density at radius 2 is 1.52 bits per heavy atom. The van der Waals surface area contributed by atoms with Crippen LogP contribution in [0.3, 0.4) is 0 Å². The second kappa shape index (κ2) is 10.2. The third-order valence-corrected chi connectivity index (χ3v) is 5.82. The molecule has 1 N–H and O–H groups in total. The van der Waals surface area contributed by atoms with Gasteiger partial charge in [-0.15, -0.1) is 0 Å². The highest BCUT2D eigenvalue weighted by molar-refractivity contribution is 5.73. The van der Waals surface area contributed by atoms with E-state index in [-0.39, 0.29) is 24.3 Å². The molecule has 0 aliphatic heterocycles. The van der Waals surface area contributed by atoms with Gasteiger partial charge in [0.25, 0.3) is 0 Å². The Balaban J connectivity index is 2.10. The van der Waals surface area contributed by atoms with E-state index in [9.17, 15) is 9.50 Å². The lowest BCUT2D eigenvalue weighted by Gasteiger charge is -2.24. The van der Waals surface area contributed by atoms with Crippen molar-refractivity contribution >= 4 is 0 Å². The third kappa shape index (κ3) is 5.40. The lowest BCUT2D eigenvalue weighted by molar-refractivity contribution is 0.279. The first kappa shape index (κ1) is 23.1. The molecule has 0 unspecified atom stereocenters. The minimum Gasteiger partial charge on any atom is -0.392 e. The average molecular weight is 420 g/mol. The van der Waals surface area contributed by atoms with Crippen molar-refractivity contribution in [1.82, 2.24) is 4.98 Å². The number of aliphatic hydroxyl groups is 1. The van der Waals surface area contributed by atoms with E-state index in [0.29, 0.717) is 0 Å². The van der Waals surface area contributed by atoms with Gasteiger partial charge in [0, 0.05) is 17.0 Å². The zero-order valence-corrected chi connectivity index (χ0v) is 19.4. The average Bonchev–Trinajstić information content (AvgIpc) is 2.73. The van der Waals surface area contributed by atoms with E-state index in [1.54, 1.807) is 0 Å². The first-order valence-electron chi connectivity index (χ1n) is 11.3. The van der Waals surface area contributed by atoms with Crippen molar-refractivity contribution in [3.05, 3.63) is 88.0 Å². The monoisotopic (exact) mass is 419 g/mol. The van der Waals surface area contributed by atoms with Gasteiger partial charge in [0.2, 0.25) is 0 Å². The van der Waals surface area contributed by atoms with Gasteiger partial charge in [-0.25, -0.2) is 4.39 Å². The number of hydrogen-bond donors (Lipinski definition) is 1. The summed E-state index contributed by atoms with van der Waals surface area (Å²) in [4.78, 5) is 5.05. The predicted octanol–water partition coefficient (Wildman–Crippen LogP) is 7.11. The number of aliphatic hydroxyl groups excluding tert-OH is 1. The Hall–Kier alpha value is -2.52. The summed E-state index contributed by atoms with van der Waals surface area (Å²) < 4.78 is 13.7. The van der Waals surface area contributed by atoms with Crippen molar-refractivity contribution in [2.75, 3.05) is 0 Å². The van der Waals surface area contributed by atoms with Crippen LogP contribution in [0.25, 0.3) is 11.1 Å². The molecule has 1 aromatic heterocycles. The minimum absolute atomic E-state index is 0.0729. The Kier molecular flexibility index (Phi) is 7.61. The largest absolute Gasteiger partial charge is 0.392 e. The van der Waals surface area contributed by atoms with Crippen LogP contribution < -0.4 is 0 Å². The fourth-order valence-electron chi connectivity index (χ4n) is 4.37. The van der Waals surface area contributed by atoms with E-state index in [4.69, 9.17) is 4.98 Å². The van der Waals surface area contributed by atoms with Gasteiger partial charge < -0.3 is 5.11 Å². The molecule has 3 aromatic rings. The summed E-state index contributed by atoms with van der Waals surface area (Å²) in [6.07, 6.45) is 2.85. The van der Waals surface area contributed by atoms with Crippen LogP contribution in [0.4, 0.5) is 4.39 Å². The Labute approximate surface area is 186 Å². The summed E-state index contributed by atoms with van der Waals surface area (Å²) in [7, 11) is 0. The molecule has 0 spiro atoms. The van der Waals surface area contributed by atoms with Gasteiger partial charge in [-0.2, -0.15) is 0 Å². The van der Waals surface area contributed by atoms with Gasteiger partial charge in [-0.3, -0.25) is 4.98 Å². The molecule has 0 fully saturated rings. The summed E-state index contributed by atoms with van der Waals surface area (Å²) in [5.74, 6) is 0.205. The third-order valence-electron chi connectivity index (χ3n) is 5.82. The van der Waals surface area contributed by atoms with Gasteiger partial charge in [-0.05, 0) is 72.4 Å². The molecule has 0 bridgehead atoms. The maximum atomic E-state index is 13.7. The topological polar surface area (TPSA) is 33.1 Å². The van der Waals surface area contributed by atoms with E-state index < -0.39 is 0 Å². The lowest BCUT2D eigenvalue weighted by Crippen LogP contribution is -2.12. The molecular formula is C28H34FNO. The maximum absolute atomic E-state index is 13.7. The summed E-state index contributed by atoms with van der Waals surface area (Å²) in [5, 5.41) is 10.3. The van der Waals surface area contributed by atoms with Crippen LogP contribution in [-0.2, 0) is 19.4 Å². The molecule has 3 rings (SSSR count). The molecule has 3 heteroatoms. The van der Waals surface area contributed by atoms with Gasteiger partial charge >= 0.3 is 0 Å². The number of halogens is 1.